The van der Waals surface area contributed by atoms with Crippen LogP contribution in [-0.4, -0.2) is 44.3 Å². The van der Waals surface area contributed by atoms with E-state index in [0.717, 1.165) is 17.5 Å². The molecule has 0 aromatic heterocycles. The number of benzene rings is 2. The second kappa shape index (κ2) is 9.83. The third-order valence-electron chi connectivity index (χ3n) is 5.78. The fourth-order valence-corrected chi connectivity index (χ4v) is 5.68. The van der Waals surface area contributed by atoms with E-state index in [9.17, 15) is 18.0 Å². The largest absolute Gasteiger partial charge is 0.452 e. The summed E-state index contributed by atoms with van der Waals surface area (Å²) in [5, 5.41) is 2.73. The van der Waals surface area contributed by atoms with Crippen molar-refractivity contribution in [3.8, 4) is 0 Å². The molecule has 1 amide bonds. The van der Waals surface area contributed by atoms with Crippen molar-refractivity contribution >= 4 is 27.6 Å². The third kappa shape index (κ3) is 5.55. The van der Waals surface area contributed by atoms with Gasteiger partial charge in [0.15, 0.2) is 6.61 Å². The van der Waals surface area contributed by atoms with E-state index < -0.39 is 28.5 Å². The molecular formula is C24H30N2O5S. The quantitative estimate of drug-likeness (QED) is 0.666. The summed E-state index contributed by atoms with van der Waals surface area (Å²) < 4.78 is 32.5. The summed E-state index contributed by atoms with van der Waals surface area (Å²) >= 11 is 0. The lowest BCUT2D eigenvalue weighted by molar-refractivity contribution is -0.119. The first kappa shape index (κ1) is 23.9. The van der Waals surface area contributed by atoms with Gasteiger partial charge in [-0.1, -0.05) is 26.0 Å². The Labute approximate surface area is 189 Å². The maximum atomic E-state index is 13.0. The fourth-order valence-electron chi connectivity index (χ4n) is 4.00. The third-order valence-corrected chi connectivity index (χ3v) is 7.62. The van der Waals surface area contributed by atoms with Gasteiger partial charge in [0.1, 0.15) is 0 Å². The average Bonchev–Trinajstić information content (AvgIpc) is 2.74. The zero-order chi connectivity index (χ0) is 23.5. The second-order valence-electron chi connectivity index (χ2n) is 8.66. The number of amides is 1. The fraction of sp³-hybridized carbons (Fsp3) is 0.417. The van der Waals surface area contributed by atoms with E-state index in [1.165, 1.54) is 28.6 Å². The number of rotatable bonds is 6. The Balaban J connectivity index is 1.60. The van der Waals surface area contributed by atoms with Crippen LogP contribution in [-0.2, 0) is 19.6 Å². The van der Waals surface area contributed by atoms with Gasteiger partial charge in [0.25, 0.3) is 5.91 Å². The molecule has 0 spiro atoms. The number of hydrogen-bond acceptors (Lipinski definition) is 5. The predicted molar refractivity (Wildman–Crippen MR) is 123 cm³/mol. The molecule has 32 heavy (non-hydrogen) atoms. The molecule has 172 valence electrons. The minimum absolute atomic E-state index is 0.142. The number of ether oxygens (including phenoxy) is 1. The number of piperidine rings is 1. The number of hydrogen-bond donors (Lipinski definition) is 1. The first-order chi connectivity index (χ1) is 15.1. The predicted octanol–water partition coefficient (Wildman–Crippen LogP) is 3.77. The van der Waals surface area contributed by atoms with Crippen LogP contribution in [0.25, 0.3) is 0 Å². The number of esters is 1. The molecular weight excluding hydrogens is 428 g/mol. The maximum Gasteiger partial charge on any atom is 0.338 e. The molecule has 0 saturated carbocycles. The van der Waals surface area contributed by atoms with Gasteiger partial charge in [0, 0.05) is 18.8 Å². The molecule has 2 unspecified atom stereocenters. The average molecular weight is 459 g/mol. The normalized spacial score (nSPS) is 19.4. The molecule has 3 rings (SSSR count). The van der Waals surface area contributed by atoms with E-state index in [1.807, 2.05) is 39.8 Å². The van der Waals surface area contributed by atoms with E-state index in [2.05, 4.69) is 5.32 Å². The Morgan fingerprint density at radius 1 is 1.03 bits per heavy atom. The minimum Gasteiger partial charge on any atom is -0.452 e. The van der Waals surface area contributed by atoms with Gasteiger partial charge in [-0.05, 0) is 73.6 Å². The van der Waals surface area contributed by atoms with Crippen molar-refractivity contribution in [2.75, 3.05) is 25.0 Å². The molecule has 1 saturated heterocycles. The number of aryl methyl sites for hydroxylation is 1. The highest BCUT2D eigenvalue weighted by molar-refractivity contribution is 7.89. The van der Waals surface area contributed by atoms with Gasteiger partial charge in [-0.15, -0.1) is 0 Å². The summed E-state index contributed by atoms with van der Waals surface area (Å²) in [7, 11) is -3.62. The molecule has 1 heterocycles. The van der Waals surface area contributed by atoms with Crippen molar-refractivity contribution in [1.82, 2.24) is 4.31 Å². The summed E-state index contributed by atoms with van der Waals surface area (Å²) in [5.41, 5.74) is 2.84. The van der Waals surface area contributed by atoms with Crippen LogP contribution in [0.3, 0.4) is 0 Å². The van der Waals surface area contributed by atoms with Crippen LogP contribution >= 0.6 is 0 Å². The van der Waals surface area contributed by atoms with Crippen molar-refractivity contribution < 1.29 is 22.7 Å². The van der Waals surface area contributed by atoms with E-state index in [4.69, 9.17) is 4.74 Å². The molecule has 2 aromatic carbocycles. The Kier molecular flexibility index (Phi) is 7.36. The van der Waals surface area contributed by atoms with Gasteiger partial charge in [0.2, 0.25) is 10.0 Å². The minimum atomic E-state index is -3.62. The Bertz CT molecular complexity index is 1090. The van der Waals surface area contributed by atoms with Gasteiger partial charge >= 0.3 is 5.97 Å². The van der Waals surface area contributed by atoms with Crippen molar-refractivity contribution in [3.05, 3.63) is 59.2 Å². The lowest BCUT2D eigenvalue weighted by Gasteiger charge is -2.34. The highest BCUT2D eigenvalue weighted by atomic mass is 32.2. The van der Waals surface area contributed by atoms with Crippen molar-refractivity contribution in [3.63, 3.8) is 0 Å². The molecule has 1 N–H and O–H groups in total. The van der Waals surface area contributed by atoms with E-state index in [0.29, 0.717) is 30.6 Å². The molecule has 7 nitrogen and oxygen atoms in total. The van der Waals surface area contributed by atoms with Crippen molar-refractivity contribution in [1.29, 1.82) is 0 Å². The van der Waals surface area contributed by atoms with E-state index >= 15 is 0 Å². The Morgan fingerprint density at radius 3 is 2.28 bits per heavy atom. The Hall–Kier alpha value is -2.71. The number of anilines is 1. The van der Waals surface area contributed by atoms with Crippen molar-refractivity contribution in [2.24, 2.45) is 11.8 Å². The molecule has 1 aliphatic rings. The van der Waals surface area contributed by atoms with Crippen LogP contribution in [0.2, 0.25) is 0 Å². The van der Waals surface area contributed by atoms with Gasteiger partial charge in [-0.25, -0.2) is 13.2 Å². The summed E-state index contributed by atoms with van der Waals surface area (Å²) in [6.07, 6.45) is 1.01. The van der Waals surface area contributed by atoms with Crippen LogP contribution in [0, 0.1) is 25.7 Å². The summed E-state index contributed by atoms with van der Waals surface area (Å²) in [4.78, 5) is 24.6. The van der Waals surface area contributed by atoms with Gasteiger partial charge in [-0.2, -0.15) is 4.31 Å². The smallest absolute Gasteiger partial charge is 0.338 e. The number of nitrogens with one attached hydrogen (secondary N) is 1. The molecule has 1 fully saturated rings. The first-order valence-corrected chi connectivity index (χ1v) is 12.2. The molecule has 8 heteroatoms. The molecule has 2 aromatic rings. The summed E-state index contributed by atoms with van der Waals surface area (Å²) in [6, 6.07) is 11.2. The second-order valence-corrected chi connectivity index (χ2v) is 10.6. The number of nitrogens with zero attached hydrogens (tertiary/aromatic N) is 1. The van der Waals surface area contributed by atoms with Crippen LogP contribution in [0.5, 0.6) is 0 Å². The van der Waals surface area contributed by atoms with Crippen molar-refractivity contribution in [2.45, 2.75) is 39.0 Å². The molecule has 0 bridgehead atoms. The molecule has 0 aliphatic carbocycles. The summed E-state index contributed by atoms with van der Waals surface area (Å²) in [6.45, 7) is 8.49. The lowest BCUT2D eigenvalue weighted by Crippen LogP contribution is -2.42. The van der Waals surface area contributed by atoms with Crippen LogP contribution in [0.1, 0.15) is 41.8 Å². The van der Waals surface area contributed by atoms with Crippen LogP contribution in [0.4, 0.5) is 5.69 Å². The Morgan fingerprint density at radius 2 is 1.66 bits per heavy atom. The highest BCUT2D eigenvalue weighted by Gasteiger charge is 2.31. The number of sulfonamides is 1. The van der Waals surface area contributed by atoms with Crippen LogP contribution in [0.15, 0.2) is 47.4 Å². The van der Waals surface area contributed by atoms with Gasteiger partial charge in [0.05, 0.1) is 10.5 Å². The zero-order valence-electron chi connectivity index (χ0n) is 18.9. The van der Waals surface area contributed by atoms with Crippen LogP contribution < -0.4 is 5.32 Å². The van der Waals surface area contributed by atoms with E-state index in [1.54, 1.807) is 6.07 Å². The zero-order valence-corrected chi connectivity index (χ0v) is 19.7. The standard InChI is InChI=1S/C24H30N2O5S/c1-16-12-17(2)14-26(13-16)32(29,30)21-10-8-20(9-11-21)24(28)31-15-23(27)25-22-7-5-6-18(3)19(22)4/h5-11,16-17H,12-15H2,1-4H3,(H,25,27). The number of carbonyl (C=O) groups excluding carboxylic acids is 2. The molecule has 1 aliphatic heterocycles. The SMILES string of the molecule is Cc1cccc(NC(=O)COC(=O)c2ccc(S(=O)(=O)N3CC(C)CC(C)C3)cc2)c1C. The summed E-state index contributed by atoms with van der Waals surface area (Å²) in [5.74, 6) is -0.528. The first-order valence-electron chi connectivity index (χ1n) is 10.7. The van der Waals surface area contributed by atoms with Gasteiger partial charge in [-0.3, -0.25) is 4.79 Å². The van der Waals surface area contributed by atoms with E-state index in [-0.39, 0.29) is 10.5 Å². The maximum absolute atomic E-state index is 13.0. The lowest BCUT2D eigenvalue weighted by atomic mass is 9.94. The number of carbonyl (C=O) groups is 2. The van der Waals surface area contributed by atoms with Gasteiger partial charge < -0.3 is 10.1 Å². The highest BCUT2D eigenvalue weighted by Crippen LogP contribution is 2.27. The topological polar surface area (TPSA) is 92.8 Å². The monoisotopic (exact) mass is 458 g/mol. The molecule has 0 radical (unpaired) electrons. The molecule has 2 atom stereocenters.